The summed E-state index contributed by atoms with van der Waals surface area (Å²) in [5, 5.41) is 2.35. The molecule has 1 aromatic rings. The molecule has 0 aliphatic carbocycles. The lowest BCUT2D eigenvalue weighted by atomic mass is 10.1. The van der Waals surface area contributed by atoms with E-state index >= 15 is 0 Å². The fourth-order valence-corrected chi connectivity index (χ4v) is 3.09. The molecule has 25 heavy (non-hydrogen) atoms. The third-order valence-corrected chi connectivity index (χ3v) is 4.36. The Morgan fingerprint density at radius 3 is 2.52 bits per heavy atom. The summed E-state index contributed by atoms with van der Waals surface area (Å²) in [5.74, 6) is -1.89. The number of amides is 1. The van der Waals surface area contributed by atoms with Gasteiger partial charge in [0.1, 0.15) is 5.82 Å². The number of nitrogens with one attached hydrogen (secondary N) is 1. The Bertz CT molecular complexity index is 602. The molecule has 1 fully saturated rings. The monoisotopic (exact) mass is 380 g/mol. The molecule has 140 valence electrons. The number of morpholine rings is 1. The second-order valence-electron chi connectivity index (χ2n) is 5.96. The van der Waals surface area contributed by atoms with E-state index in [-0.39, 0.29) is 18.8 Å². The molecule has 1 aliphatic rings. The van der Waals surface area contributed by atoms with Gasteiger partial charge in [0.05, 0.1) is 23.6 Å². The van der Waals surface area contributed by atoms with Gasteiger partial charge >= 0.3 is 5.51 Å². The molecule has 1 aromatic carbocycles. The van der Waals surface area contributed by atoms with E-state index in [1.54, 1.807) is 12.1 Å². The lowest BCUT2D eigenvalue weighted by molar-refractivity contribution is -0.119. The van der Waals surface area contributed by atoms with Crippen LogP contribution in [-0.2, 0) is 16.1 Å². The highest BCUT2D eigenvalue weighted by Gasteiger charge is 2.29. The van der Waals surface area contributed by atoms with Crippen LogP contribution in [0.25, 0.3) is 0 Å². The third-order valence-electron chi connectivity index (χ3n) is 3.63. The number of ether oxygens (including phenoxy) is 1. The summed E-state index contributed by atoms with van der Waals surface area (Å²) in [6.07, 6.45) is -0.0125. The van der Waals surface area contributed by atoms with Crippen molar-refractivity contribution in [1.82, 2.24) is 5.32 Å². The van der Waals surface area contributed by atoms with Crippen molar-refractivity contribution in [2.45, 2.75) is 38.1 Å². The number of hydrogen-bond donors (Lipinski definition) is 1. The maximum Gasteiger partial charge on any atom is 0.442 e. The van der Waals surface area contributed by atoms with Crippen LogP contribution in [0.15, 0.2) is 18.2 Å². The second kappa shape index (κ2) is 8.27. The molecule has 0 bridgehead atoms. The van der Waals surface area contributed by atoms with Gasteiger partial charge in [-0.3, -0.25) is 4.79 Å². The molecule has 2 unspecified atom stereocenters. The summed E-state index contributed by atoms with van der Waals surface area (Å²) in [6, 6.07) is 4.56. The third kappa shape index (κ3) is 6.39. The topological polar surface area (TPSA) is 41.6 Å². The number of halogens is 4. The predicted molar refractivity (Wildman–Crippen MR) is 89.0 cm³/mol. The standard InChI is InChI=1S/C16H20F4N2O2S/c1-10-7-22(8-11(2)24-10)14-4-3-12(5-13(14)17)6-21-15(23)9-25-16(18,19)20/h3-5,10-11H,6-9H2,1-2H3,(H,21,23). The van der Waals surface area contributed by atoms with Crippen molar-refractivity contribution in [3.63, 3.8) is 0 Å². The van der Waals surface area contributed by atoms with Gasteiger partial charge < -0.3 is 15.0 Å². The zero-order valence-corrected chi connectivity index (χ0v) is 14.7. The Balaban J connectivity index is 1.92. The van der Waals surface area contributed by atoms with Crippen LogP contribution < -0.4 is 10.2 Å². The first kappa shape index (κ1) is 19.8. The van der Waals surface area contributed by atoms with Crippen LogP contribution in [0.3, 0.4) is 0 Å². The Labute approximate surface area is 147 Å². The molecule has 1 amide bonds. The lowest BCUT2D eigenvalue weighted by Crippen LogP contribution is -2.45. The van der Waals surface area contributed by atoms with E-state index < -0.39 is 34.7 Å². The largest absolute Gasteiger partial charge is 0.442 e. The van der Waals surface area contributed by atoms with Crippen molar-refractivity contribution in [2.75, 3.05) is 23.7 Å². The molecule has 4 nitrogen and oxygen atoms in total. The van der Waals surface area contributed by atoms with Gasteiger partial charge in [-0.25, -0.2) is 4.39 Å². The first-order valence-corrected chi connectivity index (χ1v) is 8.79. The lowest BCUT2D eigenvalue weighted by Gasteiger charge is -2.37. The molecular formula is C16H20F4N2O2S. The molecule has 2 rings (SSSR count). The average molecular weight is 380 g/mol. The number of hydrogen-bond acceptors (Lipinski definition) is 4. The van der Waals surface area contributed by atoms with Gasteiger partial charge in [0.2, 0.25) is 5.91 Å². The first-order valence-electron chi connectivity index (χ1n) is 7.80. The Kier molecular flexibility index (Phi) is 6.56. The van der Waals surface area contributed by atoms with Crippen molar-refractivity contribution in [1.29, 1.82) is 0 Å². The number of carbonyl (C=O) groups is 1. The molecular weight excluding hydrogens is 360 g/mol. The van der Waals surface area contributed by atoms with E-state index in [1.807, 2.05) is 18.7 Å². The van der Waals surface area contributed by atoms with Crippen LogP contribution in [0.5, 0.6) is 0 Å². The highest BCUT2D eigenvalue weighted by molar-refractivity contribution is 8.00. The summed E-state index contributed by atoms with van der Waals surface area (Å²) < 4.78 is 56.1. The summed E-state index contributed by atoms with van der Waals surface area (Å²) in [5.41, 5.74) is -3.51. The van der Waals surface area contributed by atoms with Gasteiger partial charge in [-0.15, -0.1) is 0 Å². The van der Waals surface area contributed by atoms with Crippen LogP contribution in [-0.4, -0.2) is 42.5 Å². The average Bonchev–Trinajstić information content (AvgIpc) is 2.49. The Morgan fingerprint density at radius 2 is 1.96 bits per heavy atom. The fourth-order valence-electron chi connectivity index (χ4n) is 2.69. The smallest absolute Gasteiger partial charge is 0.372 e. The number of alkyl halides is 3. The van der Waals surface area contributed by atoms with Crippen LogP contribution in [0, 0.1) is 5.82 Å². The van der Waals surface area contributed by atoms with E-state index in [2.05, 4.69) is 5.32 Å². The van der Waals surface area contributed by atoms with E-state index in [0.717, 1.165) is 0 Å². The zero-order chi connectivity index (χ0) is 18.6. The molecule has 2 atom stereocenters. The number of benzene rings is 1. The molecule has 0 spiro atoms. The van der Waals surface area contributed by atoms with Crippen LogP contribution >= 0.6 is 11.8 Å². The van der Waals surface area contributed by atoms with Crippen LogP contribution in [0.4, 0.5) is 23.2 Å². The summed E-state index contributed by atoms with van der Waals surface area (Å²) in [4.78, 5) is 13.3. The molecule has 1 saturated heterocycles. The second-order valence-corrected chi connectivity index (χ2v) is 7.00. The van der Waals surface area contributed by atoms with Crippen molar-refractivity contribution >= 4 is 23.4 Å². The van der Waals surface area contributed by atoms with Crippen LogP contribution in [0.2, 0.25) is 0 Å². The highest BCUT2D eigenvalue weighted by atomic mass is 32.2. The minimum atomic E-state index is -4.45. The minimum absolute atomic E-state index is 0.00625. The highest BCUT2D eigenvalue weighted by Crippen LogP contribution is 2.29. The summed E-state index contributed by atoms with van der Waals surface area (Å²) >= 11 is -0.403. The number of carbonyl (C=O) groups excluding carboxylic acids is 1. The molecule has 0 radical (unpaired) electrons. The van der Waals surface area contributed by atoms with Gasteiger partial charge in [-0.2, -0.15) is 13.2 Å². The number of rotatable bonds is 5. The number of anilines is 1. The van der Waals surface area contributed by atoms with E-state index in [0.29, 0.717) is 24.3 Å². The molecule has 9 heteroatoms. The van der Waals surface area contributed by atoms with Crippen molar-refractivity contribution in [2.24, 2.45) is 0 Å². The SMILES string of the molecule is CC1CN(c2ccc(CNC(=O)CSC(F)(F)F)cc2F)CC(C)O1. The predicted octanol–water partition coefficient (Wildman–Crippen LogP) is 3.31. The van der Waals surface area contributed by atoms with Crippen LogP contribution in [0.1, 0.15) is 19.4 Å². The van der Waals surface area contributed by atoms with Crippen molar-refractivity contribution in [3.05, 3.63) is 29.6 Å². The van der Waals surface area contributed by atoms with Gasteiger partial charge in [-0.05, 0) is 43.3 Å². The Hall–Kier alpha value is -1.48. The molecule has 0 saturated carbocycles. The van der Waals surface area contributed by atoms with E-state index in [1.165, 1.54) is 6.07 Å². The normalized spacial score (nSPS) is 21.3. The van der Waals surface area contributed by atoms with Gasteiger partial charge in [0.25, 0.3) is 0 Å². The quantitative estimate of drug-likeness (QED) is 0.796. The first-order chi connectivity index (χ1) is 11.6. The van der Waals surface area contributed by atoms with E-state index in [4.69, 9.17) is 4.74 Å². The Morgan fingerprint density at radius 1 is 1.32 bits per heavy atom. The maximum atomic E-state index is 14.4. The fraction of sp³-hybridized carbons (Fsp3) is 0.562. The van der Waals surface area contributed by atoms with Gasteiger partial charge in [-0.1, -0.05) is 6.07 Å². The maximum absolute atomic E-state index is 14.4. The number of nitrogens with zero attached hydrogens (tertiary/aromatic N) is 1. The molecule has 1 aliphatic heterocycles. The zero-order valence-electron chi connectivity index (χ0n) is 13.9. The molecule has 1 heterocycles. The summed E-state index contributed by atoms with van der Waals surface area (Å²) in [7, 11) is 0. The number of thioether (sulfide) groups is 1. The van der Waals surface area contributed by atoms with Gasteiger partial charge in [0, 0.05) is 19.6 Å². The molecule has 1 N–H and O–H groups in total. The van der Waals surface area contributed by atoms with Gasteiger partial charge in [0.15, 0.2) is 0 Å². The minimum Gasteiger partial charge on any atom is -0.372 e. The van der Waals surface area contributed by atoms with E-state index in [9.17, 15) is 22.4 Å². The van der Waals surface area contributed by atoms with Crippen molar-refractivity contribution < 1.29 is 27.1 Å². The van der Waals surface area contributed by atoms with Crippen molar-refractivity contribution in [3.8, 4) is 0 Å². The summed E-state index contributed by atoms with van der Waals surface area (Å²) in [6.45, 7) is 4.97. The molecule has 0 aromatic heterocycles.